The van der Waals surface area contributed by atoms with Crippen molar-refractivity contribution in [1.82, 2.24) is 9.88 Å². The molecule has 1 aromatic rings. The van der Waals surface area contributed by atoms with Crippen molar-refractivity contribution in [2.45, 2.75) is 31.8 Å². The van der Waals surface area contributed by atoms with Gasteiger partial charge in [-0.1, -0.05) is 6.07 Å². The van der Waals surface area contributed by atoms with Crippen molar-refractivity contribution in [3.05, 3.63) is 29.6 Å². The van der Waals surface area contributed by atoms with E-state index in [1.807, 2.05) is 12.1 Å². The van der Waals surface area contributed by atoms with Gasteiger partial charge in [-0.15, -0.1) is 0 Å². The molecular weight excluding hydrogens is 232 g/mol. The SMILES string of the molecule is CC(O)c1ccc(C2CCN(C(=O)O)CC2)cn1. The van der Waals surface area contributed by atoms with Crippen LogP contribution in [0.4, 0.5) is 4.79 Å². The Balaban J connectivity index is 1.99. The highest BCUT2D eigenvalue weighted by atomic mass is 16.4. The molecule has 0 aliphatic carbocycles. The van der Waals surface area contributed by atoms with Crippen LogP contribution < -0.4 is 0 Å². The average Bonchev–Trinajstić information content (AvgIpc) is 2.39. The molecule has 1 saturated heterocycles. The first kappa shape index (κ1) is 12.8. The fourth-order valence-electron chi connectivity index (χ4n) is 2.31. The third kappa shape index (κ3) is 2.79. The van der Waals surface area contributed by atoms with Crippen LogP contribution in [0.1, 0.15) is 43.0 Å². The number of amides is 1. The topological polar surface area (TPSA) is 73.7 Å². The smallest absolute Gasteiger partial charge is 0.407 e. The molecular formula is C13H18N2O3. The molecule has 98 valence electrons. The summed E-state index contributed by atoms with van der Waals surface area (Å²) < 4.78 is 0. The summed E-state index contributed by atoms with van der Waals surface area (Å²) in [5, 5.41) is 18.3. The van der Waals surface area contributed by atoms with E-state index >= 15 is 0 Å². The second kappa shape index (κ2) is 5.35. The molecule has 5 heteroatoms. The van der Waals surface area contributed by atoms with Gasteiger partial charge in [0.1, 0.15) is 0 Å². The van der Waals surface area contributed by atoms with Gasteiger partial charge >= 0.3 is 6.09 Å². The van der Waals surface area contributed by atoms with Crippen molar-refractivity contribution in [3.8, 4) is 0 Å². The van der Waals surface area contributed by atoms with E-state index < -0.39 is 12.2 Å². The van der Waals surface area contributed by atoms with Crippen molar-refractivity contribution in [2.24, 2.45) is 0 Å². The van der Waals surface area contributed by atoms with E-state index in [4.69, 9.17) is 5.11 Å². The number of likely N-dealkylation sites (tertiary alicyclic amines) is 1. The van der Waals surface area contributed by atoms with Crippen molar-refractivity contribution >= 4 is 6.09 Å². The zero-order chi connectivity index (χ0) is 13.1. The van der Waals surface area contributed by atoms with E-state index in [1.165, 1.54) is 4.90 Å². The monoisotopic (exact) mass is 250 g/mol. The number of hydrogen-bond donors (Lipinski definition) is 2. The Bertz CT molecular complexity index is 409. The molecule has 1 aromatic heterocycles. The highest BCUT2D eigenvalue weighted by molar-refractivity contribution is 5.65. The third-order valence-electron chi connectivity index (χ3n) is 3.47. The minimum atomic E-state index is -0.837. The molecule has 0 bridgehead atoms. The highest BCUT2D eigenvalue weighted by Crippen LogP contribution is 2.28. The van der Waals surface area contributed by atoms with Gasteiger partial charge in [0.15, 0.2) is 0 Å². The second-order valence-electron chi connectivity index (χ2n) is 4.74. The van der Waals surface area contributed by atoms with Gasteiger partial charge in [0.25, 0.3) is 0 Å². The van der Waals surface area contributed by atoms with Crippen molar-refractivity contribution in [1.29, 1.82) is 0 Å². The van der Waals surface area contributed by atoms with Crippen LogP contribution in [-0.4, -0.2) is 39.3 Å². The number of rotatable bonds is 2. The Hall–Kier alpha value is -1.62. The molecule has 1 fully saturated rings. The molecule has 5 nitrogen and oxygen atoms in total. The van der Waals surface area contributed by atoms with E-state index in [1.54, 1.807) is 13.1 Å². The van der Waals surface area contributed by atoms with Gasteiger partial charge in [0, 0.05) is 19.3 Å². The van der Waals surface area contributed by atoms with Crippen LogP contribution in [0.15, 0.2) is 18.3 Å². The minimum Gasteiger partial charge on any atom is -0.465 e. The fraction of sp³-hybridized carbons (Fsp3) is 0.538. The molecule has 0 spiro atoms. The van der Waals surface area contributed by atoms with Crippen LogP contribution in [-0.2, 0) is 0 Å². The van der Waals surface area contributed by atoms with Crippen LogP contribution in [0.2, 0.25) is 0 Å². The van der Waals surface area contributed by atoms with Gasteiger partial charge in [-0.25, -0.2) is 4.79 Å². The molecule has 2 heterocycles. The first-order chi connectivity index (χ1) is 8.58. The Morgan fingerprint density at radius 2 is 2.11 bits per heavy atom. The number of nitrogens with zero attached hydrogens (tertiary/aromatic N) is 2. The van der Waals surface area contributed by atoms with E-state index in [9.17, 15) is 9.90 Å². The van der Waals surface area contributed by atoms with Gasteiger partial charge in [0.05, 0.1) is 11.8 Å². The molecule has 1 aliphatic heterocycles. The Morgan fingerprint density at radius 1 is 1.44 bits per heavy atom. The van der Waals surface area contributed by atoms with Gasteiger partial charge < -0.3 is 15.1 Å². The largest absolute Gasteiger partial charge is 0.465 e. The summed E-state index contributed by atoms with van der Waals surface area (Å²) in [6, 6.07) is 3.82. The van der Waals surface area contributed by atoms with Gasteiger partial charge in [-0.2, -0.15) is 0 Å². The molecule has 1 amide bonds. The summed E-state index contributed by atoms with van der Waals surface area (Å²) in [5.74, 6) is 0.371. The predicted octanol–water partition coefficient (Wildman–Crippen LogP) is 1.99. The normalized spacial score (nSPS) is 18.7. The quantitative estimate of drug-likeness (QED) is 0.841. The fourth-order valence-corrected chi connectivity index (χ4v) is 2.31. The zero-order valence-corrected chi connectivity index (χ0v) is 10.4. The maximum atomic E-state index is 10.8. The summed E-state index contributed by atoms with van der Waals surface area (Å²) >= 11 is 0. The summed E-state index contributed by atoms with van der Waals surface area (Å²) in [7, 11) is 0. The van der Waals surface area contributed by atoms with Gasteiger partial charge in [-0.3, -0.25) is 4.98 Å². The first-order valence-corrected chi connectivity index (χ1v) is 6.19. The van der Waals surface area contributed by atoms with Crippen molar-refractivity contribution in [2.75, 3.05) is 13.1 Å². The van der Waals surface area contributed by atoms with Crippen LogP contribution in [0.25, 0.3) is 0 Å². The highest BCUT2D eigenvalue weighted by Gasteiger charge is 2.23. The number of pyridine rings is 1. The number of aromatic nitrogens is 1. The maximum absolute atomic E-state index is 10.8. The van der Waals surface area contributed by atoms with Crippen molar-refractivity contribution < 1.29 is 15.0 Å². The molecule has 2 N–H and O–H groups in total. The third-order valence-corrected chi connectivity index (χ3v) is 3.47. The molecule has 1 unspecified atom stereocenters. The van der Waals surface area contributed by atoms with Gasteiger partial charge in [0.2, 0.25) is 0 Å². The molecule has 1 aliphatic rings. The summed E-state index contributed by atoms with van der Waals surface area (Å²) in [4.78, 5) is 16.5. The number of hydrogen-bond acceptors (Lipinski definition) is 3. The Kier molecular flexibility index (Phi) is 3.81. The van der Waals surface area contributed by atoms with E-state index in [2.05, 4.69) is 4.98 Å². The summed E-state index contributed by atoms with van der Waals surface area (Å²) in [5.41, 5.74) is 1.80. The molecule has 1 atom stereocenters. The Labute approximate surface area is 106 Å². The van der Waals surface area contributed by atoms with E-state index in [0.717, 1.165) is 18.4 Å². The predicted molar refractivity (Wildman–Crippen MR) is 66.4 cm³/mol. The average molecular weight is 250 g/mol. The lowest BCUT2D eigenvalue weighted by molar-refractivity contribution is 0.132. The summed E-state index contributed by atoms with van der Waals surface area (Å²) in [6.07, 6.45) is 2.08. The minimum absolute atomic E-state index is 0.371. The molecule has 0 saturated carbocycles. The first-order valence-electron chi connectivity index (χ1n) is 6.19. The van der Waals surface area contributed by atoms with Crippen molar-refractivity contribution in [3.63, 3.8) is 0 Å². The lowest BCUT2D eigenvalue weighted by Crippen LogP contribution is -2.36. The lowest BCUT2D eigenvalue weighted by Gasteiger charge is -2.30. The standard InChI is InChI=1S/C13H18N2O3/c1-9(16)12-3-2-11(8-14-12)10-4-6-15(7-5-10)13(17)18/h2-3,8-10,16H,4-7H2,1H3,(H,17,18). The molecule has 0 aromatic carbocycles. The second-order valence-corrected chi connectivity index (χ2v) is 4.74. The van der Waals surface area contributed by atoms with Crippen LogP contribution >= 0.6 is 0 Å². The Morgan fingerprint density at radius 3 is 2.56 bits per heavy atom. The van der Waals surface area contributed by atoms with Crippen LogP contribution in [0.5, 0.6) is 0 Å². The zero-order valence-electron chi connectivity index (χ0n) is 10.4. The number of aliphatic hydroxyl groups excluding tert-OH is 1. The number of aliphatic hydroxyl groups is 1. The molecule has 0 radical (unpaired) electrons. The maximum Gasteiger partial charge on any atom is 0.407 e. The van der Waals surface area contributed by atoms with Crippen LogP contribution in [0, 0.1) is 0 Å². The van der Waals surface area contributed by atoms with E-state index in [-0.39, 0.29) is 0 Å². The lowest BCUT2D eigenvalue weighted by atomic mass is 9.90. The number of carbonyl (C=O) groups is 1. The van der Waals surface area contributed by atoms with E-state index in [0.29, 0.717) is 24.7 Å². The van der Waals surface area contributed by atoms with Gasteiger partial charge in [-0.05, 0) is 37.3 Å². The molecule has 18 heavy (non-hydrogen) atoms. The number of piperidine rings is 1. The molecule has 2 rings (SSSR count). The summed E-state index contributed by atoms with van der Waals surface area (Å²) in [6.45, 7) is 2.85. The van der Waals surface area contributed by atoms with Crippen LogP contribution in [0.3, 0.4) is 0 Å². The number of carboxylic acid groups (broad SMARTS) is 1.